The number of hydrogen-bond donors (Lipinski definition) is 1. The molecular formula is C20H27N2O6+. The van der Waals surface area contributed by atoms with E-state index in [1.807, 2.05) is 0 Å². The van der Waals surface area contributed by atoms with E-state index in [1.165, 1.54) is 26.4 Å². The zero-order valence-corrected chi connectivity index (χ0v) is 16.9. The lowest BCUT2D eigenvalue weighted by atomic mass is 10.0. The molecule has 0 fully saturated rings. The molecule has 0 radical (unpaired) electrons. The van der Waals surface area contributed by atoms with Crippen LogP contribution in [0.4, 0.5) is 10.5 Å². The van der Waals surface area contributed by atoms with Crippen molar-refractivity contribution in [1.82, 2.24) is 5.32 Å². The molecule has 1 rings (SSSR count). The van der Waals surface area contributed by atoms with Crippen LogP contribution in [-0.4, -0.2) is 42.7 Å². The highest BCUT2D eigenvalue weighted by Crippen LogP contribution is 2.16. The number of ketones is 1. The number of alkyl carbamates (subject to hydrolysis) is 1. The quantitative estimate of drug-likeness (QED) is 0.300. The van der Waals surface area contributed by atoms with E-state index in [-0.39, 0.29) is 12.2 Å². The lowest BCUT2D eigenvalue weighted by Gasteiger charge is -2.23. The van der Waals surface area contributed by atoms with Crippen molar-refractivity contribution in [1.29, 1.82) is 0 Å². The largest absolute Gasteiger partial charge is 0.493 e. The molecule has 0 aliphatic carbocycles. The van der Waals surface area contributed by atoms with Gasteiger partial charge in [0.2, 0.25) is 5.78 Å². The van der Waals surface area contributed by atoms with Crippen LogP contribution in [-0.2, 0) is 25.5 Å². The van der Waals surface area contributed by atoms with Crippen molar-refractivity contribution >= 4 is 17.6 Å². The molecule has 0 aliphatic rings. The Bertz CT molecular complexity index is 747. The number of carbonyl (C=O) groups excluding carboxylic acids is 2. The summed E-state index contributed by atoms with van der Waals surface area (Å²) in [5.41, 5.74) is 0.313. The van der Waals surface area contributed by atoms with Gasteiger partial charge in [-0.25, -0.2) is 9.63 Å². The zero-order valence-electron chi connectivity index (χ0n) is 16.9. The molecule has 1 aromatic carbocycles. The number of benzene rings is 1. The molecule has 0 saturated heterocycles. The second-order valence-corrected chi connectivity index (χ2v) is 6.84. The molecule has 152 valence electrons. The van der Waals surface area contributed by atoms with Crippen molar-refractivity contribution in [2.24, 2.45) is 0 Å². The molecule has 0 heterocycles. The number of nitrogens with zero attached hydrogens (tertiary/aromatic N) is 1. The summed E-state index contributed by atoms with van der Waals surface area (Å²) in [6.07, 6.45) is 2.29. The van der Waals surface area contributed by atoms with Gasteiger partial charge in [0, 0.05) is 18.6 Å². The van der Waals surface area contributed by atoms with Crippen molar-refractivity contribution in [2.45, 2.75) is 38.8 Å². The van der Waals surface area contributed by atoms with Crippen molar-refractivity contribution in [3.8, 4) is 0 Å². The Morgan fingerprint density at radius 2 is 1.82 bits per heavy atom. The average molecular weight is 391 g/mol. The number of amides is 1. The number of hydrogen-bond acceptors (Lipinski definition) is 6. The molecule has 28 heavy (non-hydrogen) atoms. The smallest absolute Gasteiger partial charge is 0.408 e. The highest BCUT2D eigenvalue weighted by atomic mass is 16.8. The first-order valence-electron chi connectivity index (χ1n) is 8.62. The molecule has 0 bridgehead atoms. The highest BCUT2D eigenvalue weighted by molar-refractivity contribution is 5.99. The van der Waals surface area contributed by atoms with Crippen molar-refractivity contribution in [3.63, 3.8) is 0 Å². The number of nitrogens with one attached hydrogen (secondary N) is 1. The van der Waals surface area contributed by atoms with Gasteiger partial charge in [0.05, 0.1) is 12.0 Å². The van der Waals surface area contributed by atoms with E-state index in [4.69, 9.17) is 9.47 Å². The molecule has 0 aliphatic heterocycles. The van der Waals surface area contributed by atoms with Crippen LogP contribution in [0.5, 0.6) is 0 Å². The van der Waals surface area contributed by atoms with Gasteiger partial charge in [-0.3, -0.25) is 4.79 Å². The lowest BCUT2D eigenvalue weighted by molar-refractivity contribution is -0.736. The number of allylic oxidation sites excluding steroid dienone is 2. The first-order chi connectivity index (χ1) is 13.1. The predicted octanol–water partition coefficient (Wildman–Crippen LogP) is 3.38. The van der Waals surface area contributed by atoms with Crippen LogP contribution in [0.3, 0.4) is 0 Å². The van der Waals surface area contributed by atoms with E-state index >= 15 is 0 Å². The van der Waals surface area contributed by atoms with E-state index in [0.29, 0.717) is 10.6 Å². The van der Waals surface area contributed by atoms with Crippen LogP contribution in [0.25, 0.3) is 0 Å². The number of carbonyl (C=O) groups is 2. The Morgan fingerprint density at radius 1 is 1.21 bits per heavy atom. The maximum atomic E-state index is 12.8. The fourth-order valence-corrected chi connectivity index (χ4v) is 2.28. The van der Waals surface area contributed by atoms with Gasteiger partial charge in [0.1, 0.15) is 11.6 Å². The van der Waals surface area contributed by atoms with Gasteiger partial charge in [0.25, 0.3) is 4.92 Å². The minimum absolute atomic E-state index is 0.0535. The SMILES string of the molecule is C=C/C=C(\OC)C(=O)[C@H](Cc1ccc([N+](=O)OC)cc1)NC(=O)OC(C)(C)C. The number of methoxy groups -OCH3 is 1. The topological polar surface area (TPSA) is 93.9 Å². The third-order valence-corrected chi connectivity index (χ3v) is 3.49. The van der Waals surface area contributed by atoms with E-state index < -0.39 is 23.5 Å². The van der Waals surface area contributed by atoms with Crippen LogP contribution < -0.4 is 5.32 Å². The zero-order chi connectivity index (χ0) is 21.3. The summed E-state index contributed by atoms with van der Waals surface area (Å²) < 4.78 is 10.3. The molecule has 8 heteroatoms. The fraction of sp³-hybridized carbons (Fsp3) is 0.400. The minimum Gasteiger partial charge on any atom is -0.493 e. The standard InChI is InChI=1S/C20H26N2O6/c1-7-8-17(26-5)18(23)16(21-19(24)28-20(2,3)4)13-14-9-11-15(12-10-14)22(25)27-6/h7-12,16H,1,13H2,2-6H3/p+1/b17-8-/t16-/m0/s1. The Balaban J connectivity index is 3.07. The normalized spacial score (nSPS) is 12.5. The van der Waals surface area contributed by atoms with Gasteiger partial charge < -0.3 is 14.8 Å². The average Bonchev–Trinajstić information content (AvgIpc) is 2.63. The molecule has 1 atom stereocenters. The Hall–Kier alpha value is -3.16. The van der Waals surface area contributed by atoms with Crippen LogP contribution in [0.2, 0.25) is 0 Å². The van der Waals surface area contributed by atoms with Gasteiger partial charge in [0.15, 0.2) is 12.9 Å². The van der Waals surface area contributed by atoms with Crippen LogP contribution in [0.15, 0.2) is 48.8 Å². The summed E-state index contributed by atoms with van der Waals surface area (Å²) in [6, 6.07) is 5.51. The van der Waals surface area contributed by atoms with Crippen molar-refractivity contribution < 1.29 is 28.8 Å². The Kier molecular flexibility index (Phi) is 8.37. The van der Waals surface area contributed by atoms with E-state index in [2.05, 4.69) is 16.7 Å². The molecule has 0 aromatic heterocycles. The van der Waals surface area contributed by atoms with Crippen LogP contribution in [0.1, 0.15) is 26.3 Å². The van der Waals surface area contributed by atoms with Crippen molar-refractivity contribution in [3.05, 3.63) is 59.2 Å². The number of rotatable bonds is 9. The van der Waals surface area contributed by atoms with E-state index in [1.54, 1.807) is 45.0 Å². The number of ether oxygens (including phenoxy) is 2. The summed E-state index contributed by atoms with van der Waals surface area (Å²) in [7, 11) is 2.62. The molecule has 1 amide bonds. The first kappa shape index (κ1) is 22.9. The summed E-state index contributed by atoms with van der Waals surface area (Å²) in [6.45, 7) is 8.73. The summed E-state index contributed by atoms with van der Waals surface area (Å²) >= 11 is 0. The maximum Gasteiger partial charge on any atom is 0.408 e. The van der Waals surface area contributed by atoms with E-state index in [9.17, 15) is 14.5 Å². The molecule has 0 spiro atoms. The molecule has 8 nitrogen and oxygen atoms in total. The summed E-state index contributed by atoms with van der Waals surface area (Å²) in [4.78, 5) is 41.4. The molecular weight excluding hydrogens is 364 g/mol. The molecule has 0 saturated carbocycles. The van der Waals surface area contributed by atoms with Gasteiger partial charge in [-0.15, -0.1) is 0 Å². The highest BCUT2D eigenvalue weighted by Gasteiger charge is 2.27. The second kappa shape index (κ2) is 10.2. The Morgan fingerprint density at radius 3 is 2.29 bits per heavy atom. The van der Waals surface area contributed by atoms with Crippen LogP contribution in [0, 0.1) is 4.91 Å². The van der Waals surface area contributed by atoms with Gasteiger partial charge >= 0.3 is 11.8 Å². The molecule has 1 aromatic rings. The first-order valence-corrected chi connectivity index (χ1v) is 8.62. The monoisotopic (exact) mass is 391 g/mol. The lowest BCUT2D eigenvalue weighted by Crippen LogP contribution is -2.45. The maximum absolute atomic E-state index is 12.8. The van der Waals surface area contributed by atoms with Gasteiger partial charge in [-0.05, 0) is 32.4 Å². The third kappa shape index (κ3) is 7.22. The fourth-order valence-electron chi connectivity index (χ4n) is 2.28. The van der Waals surface area contributed by atoms with Gasteiger partial charge in [-0.2, -0.15) is 0 Å². The molecule has 1 N–H and O–H groups in total. The predicted molar refractivity (Wildman–Crippen MR) is 104 cm³/mol. The van der Waals surface area contributed by atoms with Crippen LogP contribution >= 0.6 is 0 Å². The second-order valence-electron chi connectivity index (χ2n) is 6.84. The minimum atomic E-state index is -0.933. The van der Waals surface area contributed by atoms with E-state index in [0.717, 1.165) is 5.56 Å². The Labute approximate surface area is 164 Å². The van der Waals surface area contributed by atoms with Gasteiger partial charge in [-0.1, -0.05) is 24.8 Å². The number of Topliss-reactive ketones (excluding diaryl/α,β-unsaturated/α-hetero) is 1. The molecule has 0 unspecified atom stereocenters. The summed E-state index contributed by atoms with van der Waals surface area (Å²) in [5.74, 6) is -0.377. The summed E-state index contributed by atoms with van der Waals surface area (Å²) in [5, 5.41) is 2.58. The van der Waals surface area contributed by atoms with Crippen molar-refractivity contribution in [2.75, 3.05) is 14.2 Å². The third-order valence-electron chi connectivity index (χ3n) is 3.49.